The molecule has 0 spiro atoms. The van der Waals surface area contributed by atoms with Gasteiger partial charge in [-0.3, -0.25) is 4.79 Å². The molecule has 2 aromatic rings. The van der Waals surface area contributed by atoms with Crippen LogP contribution in [0.5, 0.6) is 5.75 Å². The number of halogens is 1. The highest BCUT2D eigenvalue weighted by molar-refractivity contribution is 7.89. The molecule has 9 heteroatoms. The summed E-state index contributed by atoms with van der Waals surface area (Å²) in [4.78, 5) is 13.0. The molecule has 1 aliphatic heterocycles. The van der Waals surface area contributed by atoms with E-state index >= 15 is 0 Å². The molecule has 34 heavy (non-hydrogen) atoms. The molecule has 2 N–H and O–H groups in total. The second-order valence-corrected chi connectivity index (χ2v) is 10.7. The number of hydrogen-bond acceptors (Lipinski definition) is 5. The van der Waals surface area contributed by atoms with Crippen LogP contribution in [0, 0.1) is 5.82 Å². The molecule has 1 saturated carbocycles. The number of carbonyl (C=O) groups excluding carboxylic acids is 1. The van der Waals surface area contributed by atoms with Crippen molar-refractivity contribution in [1.29, 1.82) is 0 Å². The molecule has 1 aliphatic carbocycles. The van der Waals surface area contributed by atoms with E-state index in [1.54, 1.807) is 12.1 Å². The van der Waals surface area contributed by atoms with Gasteiger partial charge >= 0.3 is 0 Å². The molecule has 0 unspecified atom stereocenters. The first-order valence-corrected chi connectivity index (χ1v) is 13.1. The van der Waals surface area contributed by atoms with E-state index in [0.717, 1.165) is 31.2 Å². The van der Waals surface area contributed by atoms with Crippen molar-refractivity contribution in [3.63, 3.8) is 0 Å². The molecular formula is C25H31FN2O5S. The topological polar surface area (TPSA) is 93.7 Å². The number of benzene rings is 2. The molecule has 0 aromatic heterocycles. The predicted octanol–water partition coefficient (Wildman–Crippen LogP) is 3.53. The van der Waals surface area contributed by atoms with E-state index in [0.29, 0.717) is 26.1 Å². The normalized spacial score (nSPS) is 18.5. The van der Waals surface area contributed by atoms with Crippen molar-refractivity contribution >= 4 is 15.9 Å². The Morgan fingerprint density at radius 3 is 2.56 bits per heavy atom. The monoisotopic (exact) mass is 490 g/mol. The van der Waals surface area contributed by atoms with Crippen LogP contribution < -0.4 is 14.8 Å². The number of amides is 1. The van der Waals surface area contributed by atoms with E-state index in [9.17, 15) is 17.6 Å². The second kappa shape index (κ2) is 10.4. The Balaban J connectivity index is 1.55. The Kier molecular flexibility index (Phi) is 7.54. The van der Waals surface area contributed by atoms with Crippen LogP contribution in [-0.4, -0.2) is 47.2 Å². The number of rotatable bonds is 8. The summed E-state index contributed by atoms with van der Waals surface area (Å²) in [6, 6.07) is 10.7. The van der Waals surface area contributed by atoms with Gasteiger partial charge in [0.05, 0.1) is 7.11 Å². The van der Waals surface area contributed by atoms with Gasteiger partial charge in [-0.1, -0.05) is 25.0 Å². The van der Waals surface area contributed by atoms with Gasteiger partial charge in [-0.05, 0) is 61.6 Å². The zero-order chi connectivity index (χ0) is 24.2. The first-order valence-electron chi connectivity index (χ1n) is 11.7. The zero-order valence-electron chi connectivity index (χ0n) is 19.3. The van der Waals surface area contributed by atoms with Gasteiger partial charge in [0.1, 0.15) is 16.5 Å². The predicted molar refractivity (Wildman–Crippen MR) is 126 cm³/mol. The van der Waals surface area contributed by atoms with Crippen LogP contribution in [0.4, 0.5) is 4.39 Å². The summed E-state index contributed by atoms with van der Waals surface area (Å²) in [5.41, 5.74) is 0.574. The lowest BCUT2D eigenvalue weighted by molar-refractivity contribution is 0.0486. The van der Waals surface area contributed by atoms with Gasteiger partial charge in [0.2, 0.25) is 10.0 Å². The maximum absolute atomic E-state index is 13.9. The van der Waals surface area contributed by atoms with Crippen molar-refractivity contribution in [2.45, 2.75) is 54.9 Å². The molecule has 4 rings (SSSR count). The third kappa shape index (κ3) is 5.42. The van der Waals surface area contributed by atoms with E-state index in [2.05, 4.69) is 10.0 Å². The highest BCUT2D eigenvalue weighted by Gasteiger charge is 2.35. The Morgan fingerprint density at radius 2 is 1.88 bits per heavy atom. The summed E-state index contributed by atoms with van der Waals surface area (Å²) in [5, 5.41) is 2.94. The Bertz CT molecular complexity index is 1130. The lowest BCUT2D eigenvalue weighted by Gasteiger charge is -2.38. The van der Waals surface area contributed by atoms with Gasteiger partial charge in [0, 0.05) is 36.8 Å². The maximum Gasteiger partial charge on any atom is 0.251 e. The molecule has 1 amide bonds. The van der Waals surface area contributed by atoms with Crippen LogP contribution >= 0.6 is 0 Å². The second-order valence-electron chi connectivity index (χ2n) is 9.05. The highest BCUT2D eigenvalue weighted by atomic mass is 32.2. The summed E-state index contributed by atoms with van der Waals surface area (Å²) < 4.78 is 53.5. The van der Waals surface area contributed by atoms with Gasteiger partial charge in [-0.25, -0.2) is 17.5 Å². The lowest BCUT2D eigenvalue weighted by Crippen LogP contribution is -2.44. The highest BCUT2D eigenvalue weighted by Crippen LogP contribution is 2.35. The first-order chi connectivity index (χ1) is 16.3. The summed E-state index contributed by atoms with van der Waals surface area (Å²) in [6.45, 7) is 1.32. The minimum absolute atomic E-state index is 0.0551. The van der Waals surface area contributed by atoms with Crippen LogP contribution in [0.3, 0.4) is 0 Å². The van der Waals surface area contributed by atoms with Crippen molar-refractivity contribution in [2.75, 3.05) is 26.9 Å². The van der Waals surface area contributed by atoms with Crippen LogP contribution in [-0.2, 0) is 20.2 Å². The smallest absolute Gasteiger partial charge is 0.251 e. The molecular weight excluding hydrogens is 459 g/mol. The molecule has 1 saturated heterocycles. The van der Waals surface area contributed by atoms with Gasteiger partial charge in [0.25, 0.3) is 5.91 Å². The van der Waals surface area contributed by atoms with E-state index in [4.69, 9.17) is 9.47 Å². The van der Waals surface area contributed by atoms with Crippen molar-refractivity contribution in [3.05, 3.63) is 59.4 Å². The molecule has 0 atom stereocenters. The molecule has 2 aromatic carbocycles. The fraction of sp³-hybridized carbons (Fsp3) is 0.480. The standard InChI is InChI=1S/C25H31FN2O5S/c1-32-22-10-9-18(15-23(22)34(30,31)28-21-7-2-3-8-21)24(29)27-17-25(11-13-33-14-12-25)19-5-4-6-20(26)16-19/h4-6,9-10,15-16,21,28H,2-3,7-8,11-14,17H2,1H3,(H,27,29). The Morgan fingerprint density at radius 1 is 1.15 bits per heavy atom. The Labute approximate surface area is 200 Å². The van der Waals surface area contributed by atoms with Gasteiger partial charge in [-0.15, -0.1) is 0 Å². The number of sulfonamides is 1. The number of hydrogen-bond donors (Lipinski definition) is 2. The minimum Gasteiger partial charge on any atom is -0.495 e. The van der Waals surface area contributed by atoms with Crippen LogP contribution in [0.2, 0.25) is 0 Å². The van der Waals surface area contributed by atoms with Crippen LogP contribution in [0.1, 0.15) is 54.4 Å². The Hall–Kier alpha value is -2.49. The molecule has 7 nitrogen and oxygen atoms in total. The van der Waals surface area contributed by atoms with Crippen LogP contribution in [0.25, 0.3) is 0 Å². The minimum atomic E-state index is -3.85. The van der Waals surface area contributed by atoms with E-state index in [-0.39, 0.29) is 34.6 Å². The van der Waals surface area contributed by atoms with E-state index < -0.39 is 21.3 Å². The van der Waals surface area contributed by atoms with Gasteiger partial charge < -0.3 is 14.8 Å². The van der Waals surface area contributed by atoms with Crippen molar-refractivity contribution in [2.24, 2.45) is 0 Å². The fourth-order valence-electron chi connectivity index (χ4n) is 4.85. The van der Waals surface area contributed by atoms with E-state index in [1.165, 1.54) is 31.4 Å². The zero-order valence-corrected chi connectivity index (χ0v) is 20.1. The van der Waals surface area contributed by atoms with Crippen LogP contribution in [0.15, 0.2) is 47.4 Å². The summed E-state index contributed by atoms with van der Waals surface area (Å²) in [5.74, 6) is -0.542. The maximum atomic E-state index is 13.9. The molecule has 1 heterocycles. The first kappa shape index (κ1) is 24.6. The van der Waals surface area contributed by atoms with Gasteiger partial charge in [0.15, 0.2) is 0 Å². The summed E-state index contributed by atoms with van der Waals surface area (Å²) in [7, 11) is -2.45. The van der Waals surface area contributed by atoms with Gasteiger partial charge in [-0.2, -0.15) is 0 Å². The third-order valence-electron chi connectivity index (χ3n) is 6.87. The molecule has 184 valence electrons. The lowest BCUT2D eigenvalue weighted by atomic mass is 9.74. The molecule has 0 radical (unpaired) electrons. The fourth-order valence-corrected chi connectivity index (χ4v) is 6.35. The largest absolute Gasteiger partial charge is 0.495 e. The molecule has 2 fully saturated rings. The third-order valence-corrected chi connectivity index (χ3v) is 8.41. The van der Waals surface area contributed by atoms with Crippen molar-refractivity contribution < 1.29 is 27.1 Å². The van der Waals surface area contributed by atoms with E-state index in [1.807, 2.05) is 6.07 Å². The number of nitrogens with one attached hydrogen (secondary N) is 2. The number of carbonyl (C=O) groups is 1. The average molecular weight is 491 g/mol. The summed E-state index contributed by atoms with van der Waals surface area (Å²) >= 11 is 0. The molecule has 2 aliphatic rings. The molecule has 0 bridgehead atoms. The summed E-state index contributed by atoms with van der Waals surface area (Å²) in [6.07, 6.45) is 4.87. The average Bonchev–Trinajstić information content (AvgIpc) is 3.35. The SMILES string of the molecule is COc1ccc(C(=O)NCC2(c3cccc(F)c3)CCOCC2)cc1S(=O)(=O)NC1CCCC1. The van der Waals surface area contributed by atoms with Crippen molar-refractivity contribution in [3.8, 4) is 5.75 Å². The number of methoxy groups -OCH3 is 1. The van der Waals surface area contributed by atoms with Crippen molar-refractivity contribution in [1.82, 2.24) is 10.0 Å². The number of ether oxygens (including phenoxy) is 2. The quantitative estimate of drug-likeness (QED) is 0.591.